The van der Waals surface area contributed by atoms with Crippen molar-refractivity contribution in [1.82, 2.24) is 5.32 Å². The van der Waals surface area contributed by atoms with Gasteiger partial charge >= 0.3 is 0 Å². The second kappa shape index (κ2) is 6.37. The quantitative estimate of drug-likeness (QED) is 0.824. The first-order valence-electron chi connectivity index (χ1n) is 7.45. The summed E-state index contributed by atoms with van der Waals surface area (Å²) in [6, 6.07) is 17.8. The standard InChI is InChI=1S/C19H18ClNO/c20-17-9-6-15(7-10-17)8-11-18(22)21-14-19(12-13-19)16-4-2-1-3-5-16/h1-11H,12-14H2,(H,21,22)/b11-8+. The number of amides is 1. The van der Waals surface area contributed by atoms with Gasteiger partial charge in [-0.2, -0.15) is 0 Å². The van der Waals surface area contributed by atoms with Crippen LogP contribution in [0.4, 0.5) is 0 Å². The Bertz CT molecular complexity index is 672. The predicted molar refractivity (Wildman–Crippen MR) is 90.8 cm³/mol. The Kier molecular flexibility index (Phi) is 4.30. The van der Waals surface area contributed by atoms with Crippen LogP contribution in [-0.2, 0) is 10.2 Å². The number of nitrogens with one attached hydrogen (secondary N) is 1. The summed E-state index contributed by atoms with van der Waals surface area (Å²) < 4.78 is 0. The third-order valence-corrected chi connectivity index (χ3v) is 4.39. The fourth-order valence-electron chi connectivity index (χ4n) is 2.57. The Balaban J connectivity index is 1.56. The van der Waals surface area contributed by atoms with Gasteiger partial charge < -0.3 is 5.32 Å². The van der Waals surface area contributed by atoms with Crippen LogP contribution < -0.4 is 5.32 Å². The molecule has 0 heterocycles. The molecule has 2 aromatic rings. The zero-order valence-electron chi connectivity index (χ0n) is 12.3. The number of rotatable bonds is 5. The van der Waals surface area contributed by atoms with Gasteiger partial charge in [0.1, 0.15) is 0 Å². The second-order valence-corrected chi connectivity index (χ2v) is 6.19. The van der Waals surface area contributed by atoms with E-state index in [1.807, 2.05) is 30.3 Å². The summed E-state index contributed by atoms with van der Waals surface area (Å²) in [4.78, 5) is 12.0. The number of halogens is 1. The maximum absolute atomic E-state index is 12.0. The van der Waals surface area contributed by atoms with E-state index in [1.54, 1.807) is 12.2 Å². The van der Waals surface area contributed by atoms with Gasteiger partial charge in [0.15, 0.2) is 0 Å². The SMILES string of the molecule is O=C(/C=C/c1ccc(Cl)cc1)NCC1(c2ccccc2)CC1. The van der Waals surface area contributed by atoms with Gasteiger partial charge in [-0.05, 0) is 42.2 Å². The number of benzene rings is 2. The van der Waals surface area contributed by atoms with E-state index in [0.717, 1.165) is 18.4 Å². The highest BCUT2D eigenvalue weighted by molar-refractivity contribution is 6.30. The van der Waals surface area contributed by atoms with Crippen molar-refractivity contribution in [1.29, 1.82) is 0 Å². The molecule has 1 N–H and O–H groups in total. The van der Waals surface area contributed by atoms with E-state index in [2.05, 4.69) is 29.6 Å². The molecule has 2 nitrogen and oxygen atoms in total. The molecule has 3 heteroatoms. The minimum Gasteiger partial charge on any atom is -0.352 e. The first-order chi connectivity index (χ1) is 10.7. The second-order valence-electron chi connectivity index (χ2n) is 5.75. The maximum atomic E-state index is 12.0. The van der Waals surface area contributed by atoms with Crippen LogP contribution in [0.1, 0.15) is 24.0 Å². The zero-order valence-corrected chi connectivity index (χ0v) is 13.0. The molecule has 0 radical (unpaired) electrons. The van der Waals surface area contributed by atoms with Gasteiger partial charge in [-0.15, -0.1) is 0 Å². The summed E-state index contributed by atoms with van der Waals surface area (Å²) in [7, 11) is 0. The molecule has 1 aliphatic carbocycles. The Labute approximate surface area is 135 Å². The van der Waals surface area contributed by atoms with E-state index in [9.17, 15) is 4.79 Å². The molecule has 1 aliphatic rings. The molecule has 0 atom stereocenters. The fourth-order valence-corrected chi connectivity index (χ4v) is 2.70. The van der Waals surface area contributed by atoms with Gasteiger partial charge in [0.25, 0.3) is 0 Å². The monoisotopic (exact) mass is 311 g/mol. The van der Waals surface area contributed by atoms with Gasteiger partial charge in [0.2, 0.25) is 5.91 Å². The summed E-state index contributed by atoms with van der Waals surface area (Å²) in [5, 5.41) is 3.71. The van der Waals surface area contributed by atoms with Crippen LogP contribution in [0.15, 0.2) is 60.7 Å². The maximum Gasteiger partial charge on any atom is 0.244 e. The molecule has 0 aromatic heterocycles. The summed E-state index contributed by atoms with van der Waals surface area (Å²) in [6.07, 6.45) is 5.65. The fraction of sp³-hybridized carbons (Fsp3) is 0.211. The lowest BCUT2D eigenvalue weighted by molar-refractivity contribution is -0.116. The highest BCUT2D eigenvalue weighted by Crippen LogP contribution is 2.47. The van der Waals surface area contributed by atoms with Gasteiger partial charge in [-0.1, -0.05) is 54.1 Å². The molecule has 0 spiro atoms. The molecule has 0 unspecified atom stereocenters. The van der Waals surface area contributed by atoms with Crippen molar-refractivity contribution in [2.45, 2.75) is 18.3 Å². The predicted octanol–water partition coefficient (Wildman–Crippen LogP) is 4.20. The van der Waals surface area contributed by atoms with Crippen molar-refractivity contribution in [2.24, 2.45) is 0 Å². The number of hydrogen-bond donors (Lipinski definition) is 1. The van der Waals surface area contributed by atoms with Crippen LogP contribution in [0.25, 0.3) is 6.08 Å². The van der Waals surface area contributed by atoms with Crippen LogP contribution in [-0.4, -0.2) is 12.5 Å². The average Bonchev–Trinajstić information content (AvgIpc) is 3.34. The number of hydrogen-bond acceptors (Lipinski definition) is 1. The Hall–Kier alpha value is -2.06. The lowest BCUT2D eigenvalue weighted by atomic mass is 9.96. The minimum atomic E-state index is -0.0582. The number of carbonyl (C=O) groups is 1. The van der Waals surface area contributed by atoms with Crippen LogP contribution in [0.2, 0.25) is 5.02 Å². The zero-order chi connectivity index (χ0) is 15.4. The van der Waals surface area contributed by atoms with Gasteiger partial charge in [0, 0.05) is 23.1 Å². The summed E-state index contributed by atoms with van der Waals surface area (Å²) in [5.74, 6) is -0.0582. The van der Waals surface area contributed by atoms with E-state index in [-0.39, 0.29) is 11.3 Å². The van der Waals surface area contributed by atoms with Gasteiger partial charge in [-0.3, -0.25) is 4.79 Å². The van der Waals surface area contributed by atoms with Crippen molar-refractivity contribution >= 4 is 23.6 Å². The van der Waals surface area contributed by atoms with Crippen LogP contribution in [0.3, 0.4) is 0 Å². The molecule has 0 saturated heterocycles. The molecule has 2 aromatic carbocycles. The summed E-state index contributed by atoms with van der Waals surface area (Å²) in [5.41, 5.74) is 2.42. The molecular formula is C19H18ClNO. The summed E-state index contributed by atoms with van der Waals surface area (Å²) >= 11 is 5.84. The largest absolute Gasteiger partial charge is 0.352 e. The first kappa shape index (κ1) is 14.9. The molecule has 1 saturated carbocycles. The van der Waals surface area contributed by atoms with E-state index in [0.29, 0.717) is 11.6 Å². The third-order valence-electron chi connectivity index (χ3n) is 4.14. The molecule has 0 bridgehead atoms. The van der Waals surface area contributed by atoms with E-state index >= 15 is 0 Å². The lowest BCUT2D eigenvalue weighted by Crippen LogP contribution is -2.30. The van der Waals surface area contributed by atoms with Gasteiger partial charge in [0.05, 0.1) is 0 Å². The summed E-state index contributed by atoms with van der Waals surface area (Å²) in [6.45, 7) is 0.695. The van der Waals surface area contributed by atoms with Crippen molar-refractivity contribution < 1.29 is 4.79 Å². The molecule has 1 fully saturated rings. The molecule has 22 heavy (non-hydrogen) atoms. The van der Waals surface area contributed by atoms with E-state index in [4.69, 9.17) is 11.6 Å². The van der Waals surface area contributed by atoms with Crippen molar-refractivity contribution in [3.05, 3.63) is 76.8 Å². The molecule has 0 aliphatic heterocycles. The number of carbonyl (C=O) groups excluding carboxylic acids is 1. The van der Waals surface area contributed by atoms with E-state index in [1.165, 1.54) is 5.56 Å². The minimum absolute atomic E-state index is 0.0582. The first-order valence-corrected chi connectivity index (χ1v) is 7.83. The normalized spacial score (nSPS) is 15.7. The van der Waals surface area contributed by atoms with Crippen LogP contribution >= 0.6 is 11.6 Å². The molecular weight excluding hydrogens is 294 g/mol. The molecule has 3 rings (SSSR count). The molecule has 1 amide bonds. The Morgan fingerprint density at radius 3 is 2.41 bits per heavy atom. The smallest absolute Gasteiger partial charge is 0.244 e. The molecule has 112 valence electrons. The van der Waals surface area contributed by atoms with Crippen molar-refractivity contribution in [3.8, 4) is 0 Å². The highest BCUT2D eigenvalue weighted by Gasteiger charge is 2.43. The van der Waals surface area contributed by atoms with Crippen molar-refractivity contribution in [2.75, 3.05) is 6.54 Å². The van der Waals surface area contributed by atoms with E-state index < -0.39 is 0 Å². The Morgan fingerprint density at radius 2 is 1.77 bits per heavy atom. The van der Waals surface area contributed by atoms with Crippen molar-refractivity contribution in [3.63, 3.8) is 0 Å². The highest BCUT2D eigenvalue weighted by atomic mass is 35.5. The van der Waals surface area contributed by atoms with Crippen LogP contribution in [0.5, 0.6) is 0 Å². The third kappa shape index (κ3) is 3.58. The topological polar surface area (TPSA) is 29.1 Å². The van der Waals surface area contributed by atoms with Crippen LogP contribution in [0, 0.1) is 0 Å². The average molecular weight is 312 g/mol. The van der Waals surface area contributed by atoms with Gasteiger partial charge in [-0.25, -0.2) is 0 Å². The Morgan fingerprint density at radius 1 is 1.09 bits per heavy atom. The lowest BCUT2D eigenvalue weighted by Gasteiger charge is -2.15.